The molecule has 0 radical (unpaired) electrons. The molecule has 0 amide bonds. The van der Waals surface area contributed by atoms with Crippen molar-refractivity contribution in [3.8, 4) is 12.3 Å². The number of aliphatic hydroxyl groups is 1. The average molecular weight is 220 g/mol. The number of terminal acetylenes is 1. The normalized spacial score (nSPS) is 12.1. The van der Waals surface area contributed by atoms with Gasteiger partial charge in [-0.05, 0) is 36.8 Å². The third kappa shape index (κ3) is 4.42. The van der Waals surface area contributed by atoms with Crippen molar-refractivity contribution in [2.24, 2.45) is 0 Å². The molecule has 0 aromatic heterocycles. The summed E-state index contributed by atoms with van der Waals surface area (Å²) in [5, 5.41) is 9.33. The first-order valence-corrected chi connectivity index (χ1v) is 6.07. The first-order valence-electron chi connectivity index (χ1n) is 5.08. The molecule has 0 heterocycles. The summed E-state index contributed by atoms with van der Waals surface area (Å²) in [4.78, 5) is 1.23. The molecule has 1 aromatic carbocycles. The van der Waals surface area contributed by atoms with Crippen LogP contribution in [-0.2, 0) is 0 Å². The monoisotopic (exact) mass is 220 g/mol. The minimum Gasteiger partial charge on any atom is -0.389 e. The van der Waals surface area contributed by atoms with Crippen molar-refractivity contribution >= 4 is 11.8 Å². The molecule has 1 aromatic rings. The zero-order valence-corrected chi connectivity index (χ0v) is 9.76. The van der Waals surface area contributed by atoms with E-state index in [0.717, 1.165) is 24.2 Å². The predicted molar refractivity (Wildman–Crippen MR) is 65.9 cm³/mol. The Labute approximate surface area is 95.9 Å². The Balaban J connectivity index is 2.40. The van der Waals surface area contributed by atoms with Gasteiger partial charge in [-0.2, -0.15) is 0 Å². The maximum Gasteiger partial charge on any atom is 0.0761 e. The molecule has 0 saturated carbocycles. The van der Waals surface area contributed by atoms with Crippen LogP contribution < -0.4 is 0 Å². The Bertz CT molecular complexity index is 321. The van der Waals surface area contributed by atoms with E-state index in [4.69, 9.17) is 6.42 Å². The summed E-state index contributed by atoms with van der Waals surface area (Å²) in [6.45, 7) is 1.77. The first-order chi connectivity index (χ1) is 7.24. The number of hydrogen-bond acceptors (Lipinski definition) is 2. The number of hydrogen-bond donors (Lipinski definition) is 1. The lowest BCUT2D eigenvalue weighted by molar-refractivity contribution is 0.199. The third-order valence-corrected chi connectivity index (χ3v) is 3.19. The average Bonchev–Trinajstić information content (AvgIpc) is 2.25. The van der Waals surface area contributed by atoms with Crippen molar-refractivity contribution in [2.75, 3.05) is 5.75 Å². The van der Waals surface area contributed by atoms with E-state index in [2.05, 4.69) is 5.92 Å². The van der Waals surface area contributed by atoms with E-state index < -0.39 is 0 Å². The molecule has 0 aliphatic heterocycles. The molecule has 2 heteroatoms. The maximum atomic E-state index is 9.33. The summed E-state index contributed by atoms with van der Waals surface area (Å²) in [6, 6.07) is 8.02. The third-order valence-electron chi connectivity index (χ3n) is 2.10. The predicted octanol–water partition coefficient (Wildman–Crippen LogP) is 3.25. The van der Waals surface area contributed by atoms with E-state index in [1.807, 2.05) is 24.3 Å². The van der Waals surface area contributed by atoms with Crippen LogP contribution in [0.2, 0.25) is 0 Å². The standard InChI is InChI=1S/C13H16OS/c1-3-4-5-10-15-13-8-6-12(7-9-13)11(2)14/h1,6-9,11,14H,4-5,10H2,2H3. The second kappa shape index (κ2) is 6.55. The largest absolute Gasteiger partial charge is 0.389 e. The maximum absolute atomic E-state index is 9.33. The zero-order valence-electron chi connectivity index (χ0n) is 8.94. The topological polar surface area (TPSA) is 20.2 Å². The zero-order chi connectivity index (χ0) is 11.1. The highest BCUT2D eigenvalue weighted by Crippen LogP contribution is 2.21. The molecular formula is C13H16OS. The molecule has 15 heavy (non-hydrogen) atoms. The molecule has 0 bridgehead atoms. The molecular weight excluding hydrogens is 204 g/mol. The fraction of sp³-hybridized carbons (Fsp3) is 0.385. The van der Waals surface area contributed by atoms with Gasteiger partial charge in [0, 0.05) is 11.3 Å². The van der Waals surface area contributed by atoms with Crippen molar-refractivity contribution in [3.63, 3.8) is 0 Å². The fourth-order valence-electron chi connectivity index (χ4n) is 1.21. The Kier molecular flexibility index (Phi) is 5.31. The van der Waals surface area contributed by atoms with Crippen molar-refractivity contribution in [2.45, 2.75) is 30.8 Å². The molecule has 0 aliphatic carbocycles. The molecule has 1 unspecified atom stereocenters. The van der Waals surface area contributed by atoms with Gasteiger partial charge in [0.1, 0.15) is 0 Å². The smallest absolute Gasteiger partial charge is 0.0761 e. The molecule has 0 spiro atoms. The van der Waals surface area contributed by atoms with Gasteiger partial charge in [0.05, 0.1) is 6.10 Å². The summed E-state index contributed by atoms with van der Waals surface area (Å²) in [6.07, 6.45) is 6.69. The summed E-state index contributed by atoms with van der Waals surface area (Å²) in [5.41, 5.74) is 0.961. The molecule has 0 aliphatic rings. The van der Waals surface area contributed by atoms with E-state index in [1.54, 1.807) is 18.7 Å². The van der Waals surface area contributed by atoms with Crippen molar-refractivity contribution in [3.05, 3.63) is 29.8 Å². The van der Waals surface area contributed by atoms with E-state index in [1.165, 1.54) is 4.90 Å². The van der Waals surface area contributed by atoms with Crippen molar-refractivity contribution in [1.29, 1.82) is 0 Å². The number of benzene rings is 1. The quantitative estimate of drug-likeness (QED) is 0.467. The summed E-state index contributed by atoms with van der Waals surface area (Å²) in [5.74, 6) is 3.69. The Morgan fingerprint density at radius 1 is 1.40 bits per heavy atom. The van der Waals surface area contributed by atoms with Gasteiger partial charge < -0.3 is 5.11 Å². The van der Waals surface area contributed by atoms with Gasteiger partial charge in [0.2, 0.25) is 0 Å². The van der Waals surface area contributed by atoms with Gasteiger partial charge in [-0.15, -0.1) is 24.1 Å². The molecule has 1 N–H and O–H groups in total. The van der Waals surface area contributed by atoms with Crippen molar-refractivity contribution in [1.82, 2.24) is 0 Å². The SMILES string of the molecule is C#CCCCSc1ccc(C(C)O)cc1. The second-order valence-electron chi connectivity index (χ2n) is 3.40. The van der Waals surface area contributed by atoms with E-state index in [9.17, 15) is 5.11 Å². The van der Waals surface area contributed by atoms with Gasteiger partial charge in [-0.25, -0.2) is 0 Å². The van der Waals surface area contributed by atoms with Crippen molar-refractivity contribution < 1.29 is 5.11 Å². The van der Waals surface area contributed by atoms with E-state index >= 15 is 0 Å². The minimum absolute atomic E-state index is 0.384. The van der Waals surface area contributed by atoms with Gasteiger partial charge >= 0.3 is 0 Å². The highest BCUT2D eigenvalue weighted by Gasteiger charge is 2.00. The molecule has 0 saturated heterocycles. The van der Waals surface area contributed by atoms with Gasteiger partial charge in [0.25, 0.3) is 0 Å². The van der Waals surface area contributed by atoms with Crippen LogP contribution in [0.15, 0.2) is 29.2 Å². The summed E-state index contributed by atoms with van der Waals surface area (Å²) < 4.78 is 0. The molecule has 0 fully saturated rings. The molecule has 80 valence electrons. The lowest BCUT2D eigenvalue weighted by Gasteiger charge is -2.05. The molecule has 1 nitrogen and oxygen atoms in total. The number of aliphatic hydroxyl groups excluding tert-OH is 1. The highest BCUT2D eigenvalue weighted by molar-refractivity contribution is 7.99. The van der Waals surface area contributed by atoms with Crippen LogP contribution in [0, 0.1) is 12.3 Å². The van der Waals surface area contributed by atoms with E-state index in [0.29, 0.717) is 0 Å². The Morgan fingerprint density at radius 3 is 2.60 bits per heavy atom. The molecule has 1 atom stereocenters. The minimum atomic E-state index is -0.384. The van der Waals surface area contributed by atoms with Crippen LogP contribution in [0.4, 0.5) is 0 Å². The van der Waals surface area contributed by atoms with E-state index in [-0.39, 0.29) is 6.10 Å². The fourth-order valence-corrected chi connectivity index (χ4v) is 2.06. The number of rotatable bonds is 5. The van der Waals surface area contributed by atoms with Crippen LogP contribution in [0.25, 0.3) is 0 Å². The van der Waals surface area contributed by atoms with Crippen LogP contribution in [0.3, 0.4) is 0 Å². The number of unbranched alkanes of at least 4 members (excludes halogenated alkanes) is 1. The van der Waals surface area contributed by atoms with Gasteiger partial charge in [-0.1, -0.05) is 12.1 Å². The Hall–Kier alpha value is -0.910. The second-order valence-corrected chi connectivity index (χ2v) is 4.57. The van der Waals surface area contributed by atoms with Crippen LogP contribution in [0.1, 0.15) is 31.4 Å². The highest BCUT2D eigenvalue weighted by atomic mass is 32.2. The Morgan fingerprint density at radius 2 is 2.07 bits per heavy atom. The van der Waals surface area contributed by atoms with Gasteiger partial charge in [-0.3, -0.25) is 0 Å². The number of thioether (sulfide) groups is 1. The molecule has 1 rings (SSSR count). The lowest BCUT2D eigenvalue weighted by atomic mass is 10.1. The van der Waals surface area contributed by atoms with Crippen LogP contribution in [0.5, 0.6) is 0 Å². The van der Waals surface area contributed by atoms with Crippen LogP contribution >= 0.6 is 11.8 Å². The first kappa shape index (κ1) is 12.2. The summed E-state index contributed by atoms with van der Waals surface area (Å²) >= 11 is 1.80. The lowest BCUT2D eigenvalue weighted by Crippen LogP contribution is -1.89. The van der Waals surface area contributed by atoms with Crippen LogP contribution in [-0.4, -0.2) is 10.9 Å². The summed E-state index contributed by atoms with van der Waals surface area (Å²) in [7, 11) is 0. The van der Waals surface area contributed by atoms with Gasteiger partial charge in [0.15, 0.2) is 0 Å².